The summed E-state index contributed by atoms with van der Waals surface area (Å²) in [6.07, 6.45) is -1.38. The van der Waals surface area contributed by atoms with E-state index >= 15 is 0 Å². The van der Waals surface area contributed by atoms with Crippen LogP contribution in [0.1, 0.15) is 6.92 Å². The lowest BCUT2D eigenvalue weighted by molar-refractivity contribution is -0.181. The Morgan fingerprint density at radius 2 is 2.14 bits per heavy atom. The lowest BCUT2D eigenvalue weighted by Crippen LogP contribution is -2.24. The van der Waals surface area contributed by atoms with Crippen molar-refractivity contribution in [2.45, 2.75) is 19.5 Å². The van der Waals surface area contributed by atoms with Crippen LogP contribution >= 0.6 is 0 Å². The van der Waals surface area contributed by atoms with Crippen LogP contribution in [-0.4, -0.2) is 35.4 Å². The smallest absolute Gasteiger partial charge is 0.335 e. The molecule has 0 aliphatic heterocycles. The quantitative estimate of drug-likeness (QED) is 0.273. The summed E-state index contributed by atoms with van der Waals surface area (Å²) in [5.41, 5.74) is 0.227. The fourth-order valence-electron chi connectivity index (χ4n) is 0.537. The lowest BCUT2D eigenvalue weighted by atomic mass is 10.4. The number of rotatable bonds is 6. The highest BCUT2D eigenvalue weighted by Gasteiger charge is 2.12. The molecule has 0 bridgehead atoms. The largest absolute Gasteiger partial charge is 0.429 e. The van der Waals surface area contributed by atoms with E-state index in [1.54, 1.807) is 0 Å². The monoisotopic (exact) mass is 202 g/mol. The minimum Gasteiger partial charge on any atom is -0.429 e. The predicted octanol–water partition coefficient (Wildman–Crippen LogP) is -0.0549. The summed E-state index contributed by atoms with van der Waals surface area (Å²) in [6, 6.07) is 0. The maximum atomic E-state index is 11.0. The van der Waals surface area contributed by atoms with E-state index in [9.17, 15) is 4.79 Å². The number of carbonyl (C=O) groups excluding carboxylic acids is 1. The summed E-state index contributed by atoms with van der Waals surface area (Å²) < 4.78 is 9.48. The number of aliphatic hydroxyl groups is 2. The molecular formula is C9H14O5. The average molecular weight is 202 g/mol. The van der Waals surface area contributed by atoms with Gasteiger partial charge in [0, 0.05) is 5.57 Å². The molecule has 0 spiro atoms. The molecule has 0 radical (unpaired) electrons. The highest BCUT2D eigenvalue weighted by atomic mass is 16.7. The van der Waals surface area contributed by atoms with Gasteiger partial charge in [-0.3, -0.25) is 0 Å². The van der Waals surface area contributed by atoms with E-state index in [2.05, 4.69) is 13.2 Å². The predicted molar refractivity (Wildman–Crippen MR) is 49.1 cm³/mol. The summed E-state index contributed by atoms with van der Waals surface area (Å²) in [7, 11) is 0. The Morgan fingerprint density at radius 3 is 2.50 bits per heavy atom. The molecule has 1 atom stereocenters. The van der Waals surface area contributed by atoms with Gasteiger partial charge in [0.25, 0.3) is 0 Å². The zero-order valence-corrected chi connectivity index (χ0v) is 7.97. The lowest BCUT2D eigenvalue weighted by Gasteiger charge is -2.15. The van der Waals surface area contributed by atoms with Crippen LogP contribution in [-0.2, 0) is 14.3 Å². The van der Waals surface area contributed by atoms with Crippen molar-refractivity contribution in [1.29, 1.82) is 0 Å². The first kappa shape index (κ1) is 12.8. The maximum Gasteiger partial charge on any atom is 0.335 e. The van der Waals surface area contributed by atoms with E-state index in [0.717, 1.165) is 0 Å². The second kappa shape index (κ2) is 6.31. The molecule has 0 amide bonds. The first-order chi connectivity index (χ1) is 6.47. The number of ether oxygens (including phenoxy) is 2. The minimum absolute atomic E-state index is 0.227. The molecule has 0 heterocycles. The molecule has 80 valence electrons. The van der Waals surface area contributed by atoms with Gasteiger partial charge in [0.05, 0.1) is 0 Å². The van der Waals surface area contributed by atoms with Crippen LogP contribution in [0.4, 0.5) is 0 Å². The van der Waals surface area contributed by atoms with Crippen LogP contribution in [0.15, 0.2) is 24.8 Å². The van der Waals surface area contributed by atoms with E-state index in [1.165, 1.54) is 13.0 Å². The van der Waals surface area contributed by atoms with Gasteiger partial charge in [0.15, 0.2) is 6.29 Å². The summed E-state index contributed by atoms with van der Waals surface area (Å²) in [4.78, 5) is 11.0. The molecule has 5 heteroatoms. The summed E-state index contributed by atoms with van der Waals surface area (Å²) in [6.45, 7) is 7.86. The SMILES string of the molecule is C=CC(OCC(O)O)OC(=O)C(=C)C. The van der Waals surface area contributed by atoms with Gasteiger partial charge in [-0.25, -0.2) is 4.79 Å². The first-order valence-electron chi connectivity index (χ1n) is 3.94. The molecule has 0 aromatic rings. The summed E-state index contributed by atoms with van der Waals surface area (Å²) in [5, 5.41) is 17.0. The van der Waals surface area contributed by atoms with Gasteiger partial charge in [-0.1, -0.05) is 13.2 Å². The molecule has 0 saturated carbocycles. The topological polar surface area (TPSA) is 76.0 Å². The zero-order chi connectivity index (χ0) is 11.1. The van der Waals surface area contributed by atoms with Crippen molar-refractivity contribution in [3.05, 3.63) is 24.8 Å². The molecule has 14 heavy (non-hydrogen) atoms. The van der Waals surface area contributed by atoms with Gasteiger partial charge in [-0.15, -0.1) is 0 Å². The van der Waals surface area contributed by atoms with Crippen molar-refractivity contribution in [1.82, 2.24) is 0 Å². The van der Waals surface area contributed by atoms with Crippen LogP contribution in [0.5, 0.6) is 0 Å². The van der Waals surface area contributed by atoms with Gasteiger partial charge >= 0.3 is 5.97 Å². The van der Waals surface area contributed by atoms with E-state index in [1.807, 2.05) is 0 Å². The maximum absolute atomic E-state index is 11.0. The Morgan fingerprint density at radius 1 is 1.57 bits per heavy atom. The third-order valence-corrected chi connectivity index (χ3v) is 1.17. The molecule has 5 nitrogen and oxygen atoms in total. The Labute approximate surface area is 82.3 Å². The van der Waals surface area contributed by atoms with E-state index in [4.69, 9.17) is 19.7 Å². The van der Waals surface area contributed by atoms with Crippen LogP contribution in [0, 0.1) is 0 Å². The van der Waals surface area contributed by atoms with E-state index in [0.29, 0.717) is 0 Å². The highest BCUT2D eigenvalue weighted by molar-refractivity contribution is 5.87. The van der Waals surface area contributed by atoms with Crippen molar-refractivity contribution >= 4 is 5.97 Å². The highest BCUT2D eigenvalue weighted by Crippen LogP contribution is 2.01. The van der Waals surface area contributed by atoms with Crippen molar-refractivity contribution in [3.8, 4) is 0 Å². The van der Waals surface area contributed by atoms with Gasteiger partial charge in [-0.05, 0) is 13.0 Å². The van der Waals surface area contributed by atoms with Crippen LogP contribution in [0.2, 0.25) is 0 Å². The molecule has 0 saturated heterocycles. The third kappa shape index (κ3) is 5.47. The zero-order valence-electron chi connectivity index (χ0n) is 7.97. The average Bonchev–Trinajstić information content (AvgIpc) is 2.11. The molecular weight excluding hydrogens is 188 g/mol. The van der Waals surface area contributed by atoms with Gasteiger partial charge < -0.3 is 19.7 Å². The van der Waals surface area contributed by atoms with Gasteiger partial charge in [-0.2, -0.15) is 0 Å². The number of aliphatic hydroxyl groups excluding tert-OH is 1. The summed E-state index contributed by atoms with van der Waals surface area (Å²) >= 11 is 0. The van der Waals surface area contributed by atoms with Crippen LogP contribution in [0.3, 0.4) is 0 Å². The number of hydrogen-bond acceptors (Lipinski definition) is 5. The van der Waals surface area contributed by atoms with Crippen LogP contribution in [0.25, 0.3) is 0 Å². The molecule has 0 aliphatic rings. The number of hydrogen-bond donors (Lipinski definition) is 2. The Balaban J connectivity index is 3.97. The normalized spacial score (nSPS) is 12.3. The number of esters is 1. The minimum atomic E-state index is -1.61. The first-order valence-corrected chi connectivity index (χ1v) is 3.94. The Hall–Kier alpha value is -1.17. The third-order valence-electron chi connectivity index (χ3n) is 1.17. The molecule has 0 aromatic carbocycles. The summed E-state index contributed by atoms with van der Waals surface area (Å²) in [5.74, 6) is -0.623. The molecule has 0 aliphatic carbocycles. The van der Waals surface area contributed by atoms with Gasteiger partial charge in [0.1, 0.15) is 6.61 Å². The van der Waals surface area contributed by atoms with Gasteiger partial charge in [0.2, 0.25) is 6.29 Å². The molecule has 1 unspecified atom stereocenters. The van der Waals surface area contributed by atoms with Crippen molar-refractivity contribution in [2.24, 2.45) is 0 Å². The second-order valence-corrected chi connectivity index (χ2v) is 2.60. The molecule has 0 rings (SSSR count). The molecule has 0 aromatic heterocycles. The fourth-order valence-corrected chi connectivity index (χ4v) is 0.537. The Bertz CT molecular complexity index is 221. The van der Waals surface area contributed by atoms with E-state index < -0.39 is 18.5 Å². The van der Waals surface area contributed by atoms with Crippen LogP contribution < -0.4 is 0 Å². The van der Waals surface area contributed by atoms with E-state index in [-0.39, 0.29) is 12.2 Å². The standard InChI is InChI=1S/C9H14O5/c1-4-8(13-5-7(10)11)14-9(12)6(2)3/h4,7-8,10-11H,1-2,5H2,3H3. The van der Waals surface area contributed by atoms with Crippen molar-refractivity contribution in [3.63, 3.8) is 0 Å². The molecule has 0 fully saturated rings. The Kier molecular flexibility index (Phi) is 5.78. The number of carbonyl (C=O) groups is 1. The molecule has 2 N–H and O–H groups in total. The fraction of sp³-hybridized carbons (Fsp3) is 0.444. The van der Waals surface area contributed by atoms with Crippen molar-refractivity contribution in [2.75, 3.05) is 6.61 Å². The second-order valence-electron chi connectivity index (χ2n) is 2.60. The van der Waals surface area contributed by atoms with Crippen molar-refractivity contribution < 1.29 is 24.5 Å².